The van der Waals surface area contributed by atoms with E-state index in [1.54, 1.807) is 12.1 Å². The smallest absolute Gasteiger partial charge is 0.277 e. The number of nitrogens with one attached hydrogen (secondary N) is 1. The van der Waals surface area contributed by atoms with E-state index in [-0.39, 0.29) is 30.3 Å². The van der Waals surface area contributed by atoms with Crippen LogP contribution in [0, 0.1) is 0 Å². The Labute approximate surface area is 148 Å². The molecular formula is C17H18F2N4O3. The molecule has 1 unspecified atom stereocenters. The summed E-state index contributed by atoms with van der Waals surface area (Å²) in [6.07, 6.45) is -1.02. The van der Waals surface area contributed by atoms with Crippen molar-refractivity contribution in [2.45, 2.75) is 25.3 Å². The zero-order valence-corrected chi connectivity index (χ0v) is 14.0. The second-order valence-electron chi connectivity index (χ2n) is 5.84. The van der Waals surface area contributed by atoms with Crippen molar-refractivity contribution in [3.05, 3.63) is 47.7 Å². The number of hydrogen-bond acceptors (Lipinski definition) is 6. The molecule has 3 rings (SSSR count). The van der Waals surface area contributed by atoms with Gasteiger partial charge in [-0.05, 0) is 17.7 Å². The summed E-state index contributed by atoms with van der Waals surface area (Å²) in [5.74, 6) is -0.0648. The molecule has 3 N–H and O–H groups in total. The van der Waals surface area contributed by atoms with Crippen molar-refractivity contribution in [1.82, 2.24) is 4.98 Å². The van der Waals surface area contributed by atoms with Crippen LogP contribution in [-0.2, 0) is 16.7 Å². The molecule has 1 amide bonds. The van der Waals surface area contributed by atoms with Crippen LogP contribution >= 0.6 is 0 Å². The predicted molar refractivity (Wildman–Crippen MR) is 90.4 cm³/mol. The van der Waals surface area contributed by atoms with Crippen LogP contribution in [0.5, 0.6) is 0 Å². The van der Waals surface area contributed by atoms with E-state index in [1.807, 2.05) is 6.92 Å². The zero-order valence-electron chi connectivity index (χ0n) is 14.0. The maximum atomic E-state index is 13.8. The molecule has 9 heteroatoms. The molecule has 0 saturated carbocycles. The summed E-state index contributed by atoms with van der Waals surface area (Å²) < 4.78 is 37.9. The fourth-order valence-corrected chi connectivity index (χ4v) is 2.66. The Hall–Kier alpha value is -2.81. The SMILES string of the molecule is CCc1nc(C(=O)Nc2cccc(C3(C(F)F)COCC(N)=N3)c2)co1. The number of anilines is 1. The maximum absolute atomic E-state index is 13.8. The maximum Gasteiger partial charge on any atom is 0.277 e. The van der Waals surface area contributed by atoms with E-state index in [1.165, 1.54) is 18.4 Å². The molecule has 1 aliphatic heterocycles. The average molecular weight is 364 g/mol. The number of rotatable bonds is 5. The number of halogens is 2. The zero-order chi connectivity index (χ0) is 18.7. The van der Waals surface area contributed by atoms with Crippen LogP contribution in [0.4, 0.5) is 14.5 Å². The van der Waals surface area contributed by atoms with E-state index in [4.69, 9.17) is 14.9 Å². The number of ether oxygens (including phenoxy) is 1. The van der Waals surface area contributed by atoms with Crippen molar-refractivity contribution >= 4 is 17.4 Å². The van der Waals surface area contributed by atoms with Crippen LogP contribution in [0.25, 0.3) is 0 Å². The third-order valence-corrected chi connectivity index (χ3v) is 3.98. The number of aryl methyl sites for hydroxylation is 1. The van der Waals surface area contributed by atoms with E-state index < -0.39 is 17.9 Å². The largest absolute Gasteiger partial charge is 0.448 e. The first-order chi connectivity index (χ1) is 12.4. The van der Waals surface area contributed by atoms with Crippen LogP contribution in [-0.4, -0.2) is 36.4 Å². The highest BCUT2D eigenvalue weighted by atomic mass is 19.3. The Kier molecular flexibility index (Phi) is 4.99. The van der Waals surface area contributed by atoms with Crippen molar-refractivity contribution in [2.75, 3.05) is 18.5 Å². The van der Waals surface area contributed by atoms with Crippen LogP contribution in [0.3, 0.4) is 0 Å². The average Bonchev–Trinajstić information content (AvgIpc) is 3.11. The van der Waals surface area contributed by atoms with E-state index in [9.17, 15) is 13.6 Å². The Bertz CT molecular complexity index is 837. The van der Waals surface area contributed by atoms with Gasteiger partial charge in [0.15, 0.2) is 17.1 Å². The topological polar surface area (TPSA) is 103 Å². The summed E-state index contributed by atoms with van der Waals surface area (Å²) in [4.78, 5) is 20.2. The Morgan fingerprint density at radius 3 is 2.92 bits per heavy atom. The van der Waals surface area contributed by atoms with Crippen molar-refractivity contribution in [3.8, 4) is 0 Å². The third kappa shape index (κ3) is 3.43. The standard InChI is InChI=1S/C17H18F2N4O3/c1-2-14-22-12(7-26-14)15(24)21-11-5-3-4-10(6-11)17(16(18)19)9-25-8-13(20)23-17/h3-7,16H,2,8-9H2,1H3,(H2,20,23)(H,21,24). The number of nitrogens with two attached hydrogens (primary N) is 1. The molecule has 2 aromatic rings. The van der Waals surface area contributed by atoms with Crippen LogP contribution in [0.15, 0.2) is 39.9 Å². The first-order valence-corrected chi connectivity index (χ1v) is 8.01. The summed E-state index contributed by atoms with van der Waals surface area (Å²) >= 11 is 0. The lowest BCUT2D eigenvalue weighted by molar-refractivity contribution is -0.0129. The van der Waals surface area contributed by atoms with Gasteiger partial charge in [0.25, 0.3) is 12.3 Å². The summed E-state index contributed by atoms with van der Waals surface area (Å²) in [6.45, 7) is 1.56. The number of aromatic nitrogens is 1. The van der Waals surface area contributed by atoms with E-state index in [0.29, 0.717) is 18.0 Å². The fraction of sp³-hybridized carbons (Fsp3) is 0.353. The van der Waals surface area contributed by atoms with Gasteiger partial charge in [-0.25, -0.2) is 13.8 Å². The minimum atomic E-state index is -2.82. The number of nitrogens with zero attached hydrogens (tertiary/aromatic N) is 2. The number of carbonyl (C=O) groups excluding carboxylic acids is 1. The van der Waals surface area contributed by atoms with Gasteiger partial charge in [-0.1, -0.05) is 19.1 Å². The number of oxazole rings is 1. The van der Waals surface area contributed by atoms with E-state index in [0.717, 1.165) is 0 Å². The highest BCUT2D eigenvalue weighted by Gasteiger charge is 2.44. The lowest BCUT2D eigenvalue weighted by atomic mass is 9.90. The number of hydrogen-bond donors (Lipinski definition) is 2. The van der Waals surface area contributed by atoms with Crippen LogP contribution in [0.1, 0.15) is 28.9 Å². The highest BCUT2D eigenvalue weighted by Crippen LogP contribution is 2.36. The monoisotopic (exact) mass is 364 g/mol. The molecule has 0 saturated heterocycles. The van der Waals surface area contributed by atoms with Gasteiger partial charge in [-0.3, -0.25) is 9.79 Å². The first kappa shape index (κ1) is 18.0. The summed E-state index contributed by atoms with van der Waals surface area (Å²) in [7, 11) is 0. The molecule has 0 radical (unpaired) electrons. The molecule has 26 heavy (non-hydrogen) atoms. The van der Waals surface area contributed by atoms with Crippen molar-refractivity contribution < 1.29 is 22.7 Å². The van der Waals surface area contributed by atoms with E-state index in [2.05, 4.69) is 15.3 Å². The number of amides is 1. The number of benzene rings is 1. The van der Waals surface area contributed by atoms with Gasteiger partial charge in [-0.15, -0.1) is 0 Å². The summed E-state index contributed by atoms with van der Waals surface area (Å²) in [6, 6.07) is 6.06. The third-order valence-electron chi connectivity index (χ3n) is 3.98. The minimum Gasteiger partial charge on any atom is -0.448 e. The number of aliphatic imine (C=N–C) groups is 1. The molecular weight excluding hydrogens is 346 g/mol. The highest BCUT2D eigenvalue weighted by molar-refractivity contribution is 6.02. The van der Waals surface area contributed by atoms with Gasteiger partial charge in [0.1, 0.15) is 18.7 Å². The second-order valence-corrected chi connectivity index (χ2v) is 5.84. The molecule has 1 aromatic carbocycles. The minimum absolute atomic E-state index is 0.000630. The van der Waals surface area contributed by atoms with Gasteiger partial charge in [0.05, 0.1) is 6.61 Å². The van der Waals surface area contributed by atoms with Crippen molar-refractivity contribution in [2.24, 2.45) is 10.7 Å². The van der Waals surface area contributed by atoms with Gasteiger partial charge in [0, 0.05) is 12.1 Å². The Morgan fingerprint density at radius 1 is 1.46 bits per heavy atom. The molecule has 1 atom stereocenters. The predicted octanol–water partition coefficient (Wildman–Crippen LogP) is 2.34. The molecule has 1 aromatic heterocycles. The Balaban J connectivity index is 1.87. The van der Waals surface area contributed by atoms with E-state index >= 15 is 0 Å². The van der Waals surface area contributed by atoms with Gasteiger partial charge >= 0.3 is 0 Å². The summed E-state index contributed by atoms with van der Waals surface area (Å²) in [5, 5.41) is 2.62. The molecule has 0 spiro atoms. The molecule has 0 aliphatic carbocycles. The molecule has 0 fully saturated rings. The second kappa shape index (κ2) is 7.20. The quantitative estimate of drug-likeness (QED) is 0.848. The summed E-state index contributed by atoms with van der Waals surface area (Å²) in [5.41, 5.74) is 4.34. The van der Waals surface area contributed by atoms with Crippen molar-refractivity contribution in [1.29, 1.82) is 0 Å². The molecule has 1 aliphatic rings. The van der Waals surface area contributed by atoms with Gasteiger partial charge in [0.2, 0.25) is 0 Å². The van der Waals surface area contributed by atoms with Gasteiger partial charge in [-0.2, -0.15) is 0 Å². The molecule has 7 nitrogen and oxygen atoms in total. The first-order valence-electron chi connectivity index (χ1n) is 8.01. The van der Waals surface area contributed by atoms with Gasteiger partial charge < -0.3 is 20.2 Å². The molecule has 0 bridgehead atoms. The number of carbonyl (C=O) groups is 1. The number of alkyl halides is 2. The molecule has 2 heterocycles. The molecule has 138 valence electrons. The lowest BCUT2D eigenvalue weighted by Crippen LogP contribution is -2.44. The Morgan fingerprint density at radius 2 is 2.27 bits per heavy atom. The normalized spacial score (nSPS) is 20.1. The number of amidine groups is 1. The fourth-order valence-electron chi connectivity index (χ4n) is 2.66. The van der Waals surface area contributed by atoms with Crippen LogP contribution < -0.4 is 11.1 Å². The van der Waals surface area contributed by atoms with Crippen LogP contribution in [0.2, 0.25) is 0 Å². The van der Waals surface area contributed by atoms with Crippen molar-refractivity contribution in [3.63, 3.8) is 0 Å². The lowest BCUT2D eigenvalue weighted by Gasteiger charge is -2.33.